The van der Waals surface area contributed by atoms with Crippen LogP contribution in [0.4, 0.5) is 0 Å². The van der Waals surface area contributed by atoms with Crippen molar-refractivity contribution in [2.75, 3.05) is 0 Å². The molecule has 0 aliphatic carbocycles. The van der Waals surface area contributed by atoms with Gasteiger partial charge in [-0.25, -0.2) is 9.97 Å². The Morgan fingerprint density at radius 3 is 3.00 bits per heavy atom. The summed E-state index contributed by atoms with van der Waals surface area (Å²) in [5, 5.41) is 20.1. The number of rotatable bonds is 2. The highest BCUT2D eigenvalue weighted by Gasteiger charge is 2.03. The van der Waals surface area contributed by atoms with Gasteiger partial charge >= 0.3 is 0 Å². The molecule has 1 heterocycles. The van der Waals surface area contributed by atoms with Gasteiger partial charge in [-0.15, -0.1) is 0 Å². The zero-order valence-corrected chi connectivity index (χ0v) is 6.18. The normalized spacial score (nSPS) is 11.5. The van der Waals surface area contributed by atoms with Crippen molar-refractivity contribution in [3.8, 4) is 5.75 Å². The molecule has 0 fully saturated rings. The van der Waals surface area contributed by atoms with Gasteiger partial charge in [0.25, 0.3) is 0 Å². The number of hydrogen-bond acceptors (Lipinski definition) is 5. The van der Waals surface area contributed by atoms with E-state index >= 15 is 0 Å². The standard InChI is InChI=1S/C6H8N4O2/c7-6(10-12)1-4-5(11)2-8-3-9-4/h2-3,11-12H,1H2,(H2,7,10). The fourth-order valence-corrected chi connectivity index (χ4v) is 0.691. The van der Waals surface area contributed by atoms with Gasteiger partial charge in [-0.3, -0.25) is 0 Å². The molecule has 0 atom stereocenters. The SMILES string of the molecule is N/C(Cc1ncncc1O)=N\O. The Morgan fingerprint density at radius 1 is 1.67 bits per heavy atom. The van der Waals surface area contributed by atoms with Crippen LogP contribution in [-0.4, -0.2) is 26.1 Å². The van der Waals surface area contributed by atoms with E-state index in [1.807, 2.05) is 0 Å². The maximum absolute atomic E-state index is 9.14. The Labute approximate surface area is 68.4 Å². The quantitative estimate of drug-likeness (QED) is 0.238. The molecule has 0 unspecified atom stereocenters. The Kier molecular flexibility index (Phi) is 2.42. The number of amidine groups is 1. The number of aromatic hydroxyl groups is 1. The Bertz CT molecular complexity index is 299. The van der Waals surface area contributed by atoms with E-state index in [4.69, 9.17) is 16.0 Å². The Hall–Kier alpha value is -1.85. The molecule has 1 rings (SSSR count). The Morgan fingerprint density at radius 2 is 2.42 bits per heavy atom. The molecule has 0 saturated carbocycles. The minimum atomic E-state index is -0.0656. The average Bonchev–Trinajstić information content (AvgIpc) is 2.09. The van der Waals surface area contributed by atoms with Gasteiger partial charge in [0.1, 0.15) is 12.2 Å². The Balaban J connectivity index is 2.82. The molecule has 12 heavy (non-hydrogen) atoms. The molecule has 0 aromatic carbocycles. The lowest BCUT2D eigenvalue weighted by molar-refractivity contribution is 0.317. The van der Waals surface area contributed by atoms with Gasteiger partial charge < -0.3 is 16.0 Å². The highest BCUT2D eigenvalue weighted by molar-refractivity contribution is 5.82. The van der Waals surface area contributed by atoms with Crippen LogP contribution in [0.2, 0.25) is 0 Å². The lowest BCUT2D eigenvalue weighted by Gasteiger charge is -1.99. The third-order valence-corrected chi connectivity index (χ3v) is 1.25. The number of hydrogen-bond donors (Lipinski definition) is 3. The van der Waals surface area contributed by atoms with Crippen LogP contribution >= 0.6 is 0 Å². The first-order chi connectivity index (χ1) is 5.74. The van der Waals surface area contributed by atoms with Crippen LogP contribution in [0.1, 0.15) is 5.69 Å². The average molecular weight is 168 g/mol. The van der Waals surface area contributed by atoms with E-state index < -0.39 is 0 Å². The molecular weight excluding hydrogens is 160 g/mol. The first-order valence-corrected chi connectivity index (χ1v) is 3.18. The molecule has 0 aliphatic heterocycles. The third kappa shape index (κ3) is 1.82. The summed E-state index contributed by atoms with van der Waals surface area (Å²) in [6, 6.07) is 0. The van der Waals surface area contributed by atoms with Crippen LogP contribution in [0, 0.1) is 0 Å². The molecule has 0 amide bonds. The van der Waals surface area contributed by atoms with Crippen molar-refractivity contribution in [1.29, 1.82) is 0 Å². The summed E-state index contributed by atoms with van der Waals surface area (Å²) in [5.41, 5.74) is 5.54. The first kappa shape index (κ1) is 8.25. The molecule has 0 aliphatic rings. The largest absolute Gasteiger partial charge is 0.504 e. The van der Waals surface area contributed by atoms with E-state index in [0.29, 0.717) is 5.69 Å². The number of oxime groups is 1. The minimum Gasteiger partial charge on any atom is -0.504 e. The van der Waals surface area contributed by atoms with Crippen LogP contribution in [0.25, 0.3) is 0 Å². The lowest BCUT2D eigenvalue weighted by Crippen LogP contribution is -2.15. The summed E-state index contributed by atoms with van der Waals surface area (Å²) in [7, 11) is 0. The fourth-order valence-electron chi connectivity index (χ4n) is 0.691. The second-order valence-electron chi connectivity index (χ2n) is 2.12. The van der Waals surface area contributed by atoms with Crippen LogP contribution in [0.5, 0.6) is 5.75 Å². The second kappa shape index (κ2) is 3.51. The van der Waals surface area contributed by atoms with Crippen LogP contribution in [0.3, 0.4) is 0 Å². The van der Waals surface area contributed by atoms with Crippen molar-refractivity contribution in [3.63, 3.8) is 0 Å². The highest BCUT2D eigenvalue weighted by Crippen LogP contribution is 2.10. The van der Waals surface area contributed by atoms with Crippen molar-refractivity contribution >= 4 is 5.84 Å². The summed E-state index contributed by atoms with van der Waals surface area (Å²) >= 11 is 0. The maximum Gasteiger partial charge on any atom is 0.155 e. The zero-order chi connectivity index (χ0) is 8.97. The molecule has 64 valence electrons. The van der Waals surface area contributed by atoms with Crippen molar-refractivity contribution < 1.29 is 10.3 Å². The maximum atomic E-state index is 9.14. The van der Waals surface area contributed by atoms with Crippen LogP contribution in [-0.2, 0) is 6.42 Å². The van der Waals surface area contributed by atoms with Crippen molar-refractivity contribution in [2.24, 2.45) is 10.9 Å². The lowest BCUT2D eigenvalue weighted by atomic mass is 10.2. The molecule has 0 radical (unpaired) electrons. The molecule has 6 nitrogen and oxygen atoms in total. The van der Waals surface area contributed by atoms with E-state index in [1.165, 1.54) is 12.5 Å². The molecule has 6 heteroatoms. The monoisotopic (exact) mass is 168 g/mol. The van der Waals surface area contributed by atoms with Gasteiger partial charge in [-0.2, -0.15) is 0 Å². The van der Waals surface area contributed by atoms with E-state index in [2.05, 4.69) is 15.1 Å². The summed E-state index contributed by atoms with van der Waals surface area (Å²) in [6.45, 7) is 0. The third-order valence-electron chi connectivity index (χ3n) is 1.25. The van der Waals surface area contributed by atoms with Crippen molar-refractivity contribution in [1.82, 2.24) is 9.97 Å². The number of aromatic nitrogens is 2. The summed E-state index contributed by atoms with van der Waals surface area (Å²) in [6.07, 6.45) is 2.62. The highest BCUT2D eigenvalue weighted by atomic mass is 16.4. The minimum absolute atomic E-state index is 0.0102. The molecule has 0 bridgehead atoms. The van der Waals surface area contributed by atoms with Crippen LogP contribution < -0.4 is 5.73 Å². The van der Waals surface area contributed by atoms with Gasteiger partial charge in [-0.1, -0.05) is 5.16 Å². The van der Waals surface area contributed by atoms with Gasteiger partial charge in [-0.05, 0) is 0 Å². The predicted octanol–water partition coefficient (Wildman–Crippen LogP) is -0.529. The topological polar surface area (TPSA) is 105 Å². The van der Waals surface area contributed by atoms with Gasteiger partial charge in [0.05, 0.1) is 18.3 Å². The van der Waals surface area contributed by atoms with Gasteiger partial charge in [0, 0.05) is 0 Å². The van der Waals surface area contributed by atoms with Gasteiger partial charge in [0.2, 0.25) is 0 Å². The molecule has 0 spiro atoms. The zero-order valence-electron chi connectivity index (χ0n) is 6.18. The summed E-state index contributed by atoms with van der Waals surface area (Å²) in [5.74, 6) is -0.0758. The number of nitrogens with zero attached hydrogens (tertiary/aromatic N) is 3. The first-order valence-electron chi connectivity index (χ1n) is 3.18. The van der Waals surface area contributed by atoms with Gasteiger partial charge in [0.15, 0.2) is 5.75 Å². The molecule has 1 aromatic rings. The predicted molar refractivity (Wildman–Crippen MR) is 40.8 cm³/mol. The van der Waals surface area contributed by atoms with E-state index in [-0.39, 0.29) is 18.0 Å². The van der Waals surface area contributed by atoms with Crippen molar-refractivity contribution in [2.45, 2.75) is 6.42 Å². The van der Waals surface area contributed by atoms with Crippen LogP contribution in [0.15, 0.2) is 17.7 Å². The molecule has 0 saturated heterocycles. The molecule has 1 aromatic heterocycles. The van der Waals surface area contributed by atoms with E-state index in [9.17, 15) is 0 Å². The molecule has 4 N–H and O–H groups in total. The second-order valence-corrected chi connectivity index (χ2v) is 2.12. The van der Waals surface area contributed by atoms with E-state index in [1.54, 1.807) is 0 Å². The fraction of sp³-hybridized carbons (Fsp3) is 0.167. The number of nitrogens with two attached hydrogens (primary N) is 1. The summed E-state index contributed by atoms with van der Waals surface area (Å²) in [4.78, 5) is 7.31. The summed E-state index contributed by atoms with van der Waals surface area (Å²) < 4.78 is 0. The van der Waals surface area contributed by atoms with Crippen molar-refractivity contribution in [3.05, 3.63) is 18.2 Å². The molecular formula is C6H8N4O2. The van der Waals surface area contributed by atoms with E-state index in [0.717, 1.165) is 0 Å². The smallest absolute Gasteiger partial charge is 0.155 e.